The third-order valence-corrected chi connectivity index (χ3v) is 13.9. The SMILES string of the molecule is CNC(=O)C[C@H](OC(=O)[C@H](C)N(C)C(=O)CCSC1CC(=O)N(C)C1=O)C1(C)OC1[C@H](C)C1CC(C/C=C/C=C(\C)Cc2ccc(Cl)c(OC)c2)NC(=O)O1.CO.O=CC1CCCCC1. The minimum absolute atomic E-state index is 0.0466. The molecule has 3 aliphatic heterocycles. The van der Waals surface area contributed by atoms with Crippen LogP contribution in [0.5, 0.6) is 5.75 Å². The Morgan fingerprint density at radius 3 is 2.45 bits per heavy atom. The van der Waals surface area contributed by atoms with Crippen LogP contribution in [0.2, 0.25) is 5.02 Å². The highest BCUT2D eigenvalue weighted by Gasteiger charge is 2.63. The molecular formula is C47H69ClN4O12S. The van der Waals surface area contributed by atoms with Crippen molar-refractivity contribution in [2.45, 2.75) is 140 Å². The zero-order valence-electron chi connectivity index (χ0n) is 39.3. The van der Waals surface area contributed by atoms with Gasteiger partial charge in [-0.1, -0.05) is 67.7 Å². The molecule has 4 aliphatic rings. The highest BCUT2D eigenvalue weighted by atomic mass is 35.5. The van der Waals surface area contributed by atoms with Crippen molar-refractivity contribution in [2.24, 2.45) is 11.8 Å². The molecule has 5 unspecified atom stereocenters. The quantitative estimate of drug-likeness (QED) is 0.0508. The summed E-state index contributed by atoms with van der Waals surface area (Å²) in [6.07, 6.45) is 12.5. The number of likely N-dealkylation sites (N-methyl/N-ethyl adjacent to an activating group) is 1. The Morgan fingerprint density at radius 1 is 1.15 bits per heavy atom. The lowest BCUT2D eigenvalue weighted by atomic mass is 9.85. The molecule has 3 N–H and O–H groups in total. The lowest BCUT2D eigenvalue weighted by Crippen LogP contribution is -2.49. The maximum Gasteiger partial charge on any atom is 0.407 e. The first-order valence-corrected chi connectivity index (χ1v) is 23.6. The van der Waals surface area contributed by atoms with Gasteiger partial charge in [-0.05, 0) is 64.2 Å². The third-order valence-electron chi connectivity index (χ3n) is 12.4. The van der Waals surface area contributed by atoms with Crippen LogP contribution in [-0.4, -0.2) is 139 Å². The van der Waals surface area contributed by atoms with Gasteiger partial charge in [-0.2, -0.15) is 0 Å². The number of amides is 5. The van der Waals surface area contributed by atoms with Crippen LogP contribution in [-0.2, 0) is 49.4 Å². The van der Waals surface area contributed by atoms with Gasteiger partial charge >= 0.3 is 12.1 Å². The molecule has 3 heterocycles. The number of aldehydes is 1. The smallest absolute Gasteiger partial charge is 0.407 e. The average molecular weight is 950 g/mol. The average Bonchev–Trinajstić information content (AvgIpc) is 3.95. The number of cyclic esters (lactones) is 1. The number of nitrogens with zero attached hydrogens (tertiary/aromatic N) is 2. The minimum Gasteiger partial charge on any atom is -0.495 e. The number of esters is 1. The number of carbonyl (C=O) groups is 7. The Labute approximate surface area is 392 Å². The summed E-state index contributed by atoms with van der Waals surface area (Å²) in [6, 6.07) is 4.53. The summed E-state index contributed by atoms with van der Waals surface area (Å²) in [5.41, 5.74) is 1.15. The molecule has 362 valence electrons. The molecule has 0 radical (unpaired) electrons. The van der Waals surface area contributed by atoms with Crippen molar-refractivity contribution in [3.63, 3.8) is 0 Å². The van der Waals surface area contributed by atoms with Crippen molar-refractivity contribution in [2.75, 3.05) is 41.1 Å². The number of benzene rings is 1. The molecule has 1 aromatic carbocycles. The molecule has 8 atom stereocenters. The summed E-state index contributed by atoms with van der Waals surface area (Å²) in [5, 5.41) is 12.5. The summed E-state index contributed by atoms with van der Waals surface area (Å²) in [6.45, 7) is 7.23. The lowest BCUT2D eigenvalue weighted by molar-refractivity contribution is -0.162. The molecule has 16 nitrogen and oxygen atoms in total. The van der Waals surface area contributed by atoms with Gasteiger partial charge in [0.25, 0.3) is 0 Å². The second-order valence-corrected chi connectivity index (χ2v) is 18.8. The fourth-order valence-electron chi connectivity index (χ4n) is 8.03. The molecule has 0 bridgehead atoms. The van der Waals surface area contributed by atoms with Crippen LogP contribution in [0.3, 0.4) is 0 Å². The largest absolute Gasteiger partial charge is 0.495 e. The molecule has 18 heteroatoms. The van der Waals surface area contributed by atoms with Gasteiger partial charge in [-0.25, -0.2) is 9.59 Å². The highest BCUT2D eigenvalue weighted by Crippen LogP contribution is 2.48. The zero-order valence-corrected chi connectivity index (χ0v) is 40.8. The standard InChI is InChI=1S/C39H53ClN4O10S.C7H12O.CH4O/c1-22(17-25-13-14-27(40)29(18-25)51-8)11-9-10-12-26-19-28(52-38(50)42-26)23(2)35-39(4,54-35)31(21-32(45)41-5)53-37(49)24(3)43(6)33(46)15-16-55-30-20-34(47)44(7)36(30)48;8-6-7-4-2-1-3-5-7;1-2/h9-11,13-14,18,23-24,26,28,30-31,35H,12,15-17,19-21H2,1-8H3,(H,41,45)(H,42,50);6-7H,1-5H2;2H,1H3/b10-9+,22-11+;;/t23-,24+,26?,28?,30?,31+,35?,39?;;/m1../s1. The maximum absolute atomic E-state index is 13.4. The molecule has 1 aliphatic carbocycles. The summed E-state index contributed by atoms with van der Waals surface area (Å²) >= 11 is 7.38. The second kappa shape index (κ2) is 26.6. The van der Waals surface area contributed by atoms with Gasteiger partial charge in [0.1, 0.15) is 35.9 Å². The predicted molar refractivity (Wildman–Crippen MR) is 248 cm³/mol. The molecule has 65 heavy (non-hydrogen) atoms. The summed E-state index contributed by atoms with van der Waals surface area (Å²) < 4.78 is 23.1. The van der Waals surface area contributed by atoms with Crippen LogP contribution in [0.25, 0.3) is 0 Å². The first kappa shape index (κ1) is 54.9. The number of allylic oxidation sites excluding steroid dienone is 3. The monoisotopic (exact) mass is 948 g/mol. The summed E-state index contributed by atoms with van der Waals surface area (Å²) in [7, 11) is 6.99. The van der Waals surface area contributed by atoms with Crippen LogP contribution < -0.4 is 15.4 Å². The summed E-state index contributed by atoms with van der Waals surface area (Å²) in [5.74, 6) is -0.917. The Balaban J connectivity index is 0.000000998. The second-order valence-electron chi connectivity index (χ2n) is 17.0. The number of ether oxygens (including phenoxy) is 4. The van der Waals surface area contributed by atoms with Crippen LogP contribution in [0, 0.1) is 11.8 Å². The number of halogens is 1. The van der Waals surface area contributed by atoms with E-state index in [9.17, 15) is 33.6 Å². The maximum atomic E-state index is 13.4. The first-order chi connectivity index (χ1) is 30.9. The van der Waals surface area contributed by atoms with E-state index in [1.165, 1.54) is 64.0 Å². The molecule has 0 aromatic heterocycles. The Morgan fingerprint density at radius 2 is 1.85 bits per heavy atom. The first-order valence-electron chi connectivity index (χ1n) is 22.2. The van der Waals surface area contributed by atoms with Gasteiger partial charge in [0.05, 0.1) is 29.9 Å². The lowest BCUT2D eigenvalue weighted by Gasteiger charge is -2.33. The van der Waals surface area contributed by atoms with Crippen molar-refractivity contribution in [3.05, 3.63) is 52.6 Å². The summed E-state index contributed by atoms with van der Waals surface area (Å²) in [4.78, 5) is 88.1. The minimum atomic E-state index is -1.05. The van der Waals surface area contributed by atoms with Crippen molar-refractivity contribution >= 4 is 65.3 Å². The topological polar surface area (TPSA) is 210 Å². The Hall–Kier alpha value is -4.45. The van der Waals surface area contributed by atoms with Gasteiger partial charge < -0.3 is 44.4 Å². The van der Waals surface area contributed by atoms with E-state index in [1.54, 1.807) is 14.0 Å². The number of thioether (sulfide) groups is 1. The van der Waals surface area contributed by atoms with E-state index in [4.69, 9.17) is 35.7 Å². The van der Waals surface area contributed by atoms with E-state index in [-0.39, 0.29) is 54.9 Å². The van der Waals surface area contributed by atoms with Gasteiger partial charge in [0, 0.05) is 71.1 Å². The number of hydrogen-bond acceptors (Lipinski definition) is 13. The van der Waals surface area contributed by atoms with Gasteiger partial charge in [0.15, 0.2) is 0 Å². The van der Waals surface area contributed by atoms with Crippen molar-refractivity contribution in [3.8, 4) is 5.75 Å². The number of hydrogen-bond donors (Lipinski definition) is 3. The molecule has 5 amide bonds. The van der Waals surface area contributed by atoms with E-state index >= 15 is 0 Å². The van der Waals surface area contributed by atoms with E-state index in [2.05, 4.69) is 10.6 Å². The molecule has 4 fully saturated rings. The number of aliphatic hydroxyl groups is 1. The molecule has 1 saturated carbocycles. The fourth-order valence-corrected chi connectivity index (χ4v) is 9.36. The number of methoxy groups -OCH3 is 1. The molecule has 3 saturated heterocycles. The van der Waals surface area contributed by atoms with Crippen LogP contribution in [0.15, 0.2) is 42.0 Å². The van der Waals surface area contributed by atoms with E-state index < -0.39 is 47.3 Å². The number of likely N-dealkylation sites (tertiary alicyclic amines) is 1. The van der Waals surface area contributed by atoms with E-state index in [1.807, 2.05) is 50.3 Å². The van der Waals surface area contributed by atoms with E-state index in [0.717, 1.165) is 48.7 Å². The van der Waals surface area contributed by atoms with Gasteiger partial charge in [-0.3, -0.25) is 24.1 Å². The fraction of sp³-hybridized carbons (Fsp3) is 0.638. The van der Waals surface area contributed by atoms with Crippen molar-refractivity contribution < 1.29 is 57.6 Å². The number of epoxide rings is 1. The van der Waals surface area contributed by atoms with Crippen molar-refractivity contribution in [1.29, 1.82) is 0 Å². The normalized spacial score (nSPS) is 24.5. The molecule has 1 aromatic rings. The molecule has 5 rings (SSSR count). The van der Waals surface area contributed by atoms with Crippen molar-refractivity contribution in [1.82, 2.24) is 20.4 Å². The number of carbonyl (C=O) groups excluding carboxylic acids is 7. The van der Waals surface area contributed by atoms with Gasteiger partial charge in [0.2, 0.25) is 23.6 Å². The van der Waals surface area contributed by atoms with Gasteiger partial charge in [-0.15, -0.1) is 11.8 Å². The molecular weight excluding hydrogens is 880 g/mol. The number of alkyl carbamates (subject to hydrolysis) is 1. The third kappa shape index (κ3) is 16.1. The van der Waals surface area contributed by atoms with Crippen LogP contribution >= 0.6 is 23.4 Å². The zero-order chi connectivity index (χ0) is 48.4. The number of nitrogens with one attached hydrogen (secondary N) is 2. The number of rotatable bonds is 19. The Bertz CT molecular complexity index is 1870. The highest BCUT2D eigenvalue weighted by molar-refractivity contribution is 8.00. The predicted octanol–water partition coefficient (Wildman–Crippen LogP) is 5.59. The number of imide groups is 1. The Kier molecular flexibility index (Phi) is 22.5. The number of aliphatic hydroxyl groups excluding tert-OH is 1. The van der Waals surface area contributed by atoms with E-state index in [0.29, 0.717) is 35.3 Å². The molecule has 0 spiro atoms. The van der Waals surface area contributed by atoms with Crippen LogP contribution in [0.1, 0.15) is 97.5 Å². The van der Waals surface area contributed by atoms with Crippen LogP contribution in [0.4, 0.5) is 4.79 Å².